The van der Waals surface area contributed by atoms with E-state index in [1.807, 2.05) is 41.5 Å². The van der Waals surface area contributed by atoms with Crippen molar-refractivity contribution < 1.29 is 9.59 Å². The minimum atomic E-state index is -0.0991. The molecule has 2 aromatic rings. The van der Waals surface area contributed by atoms with E-state index in [9.17, 15) is 9.59 Å². The van der Waals surface area contributed by atoms with Gasteiger partial charge in [0.05, 0.1) is 10.9 Å². The lowest BCUT2D eigenvalue weighted by Crippen LogP contribution is -2.55. The largest absolute Gasteiger partial charge is 0.332 e. The predicted octanol–water partition coefficient (Wildman–Crippen LogP) is 3.29. The molecule has 3 heterocycles. The van der Waals surface area contributed by atoms with E-state index in [0.717, 1.165) is 22.4 Å². The molecule has 1 fully saturated rings. The summed E-state index contributed by atoms with van der Waals surface area (Å²) in [5.41, 5.74) is 3.25. The molecule has 0 N–H and O–H groups in total. The van der Waals surface area contributed by atoms with Crippen molar-refractivity contribution in [3.63, 3.8) is 0 Å². The highest BCUT2D eigenvalue weighted by atomic mass is 35.5. The van der Waals surface area contributed by atoms with Crippen LogP contribution in [0.3, 0.4) is 0 Å². The van der Waals surface area contributed by atoms with E-state index in [-0.39, 0.29) is 24.4 Å². The molecule has 1 aromatic carbocycles. The zero-order valence-electron chi connectivity index (χ0n) is 13.3. The summed E-state index contributed by atoms with van der Waals surface area (Å²) in [7, 11) is 0. The fourth-order valence-corrected chi connectivity index (χ4v) is 4.65. The molecule has 0 radical (unpaired) electrons. The second kappa shape index (κ2) is 5.90. The summed E-state index contributed by atoms with van der Waals surface area (Å²) in [5.74, 6) is -0.0379. The molecule has 4 rings (SSSR count). The summed E-state index contributed by atoms with van der Waals surface area (Å²) in [4.78, 5) is 29.7. The van der Waals surface area contributed by atoms with Crippen LogP contribution in [0, 0.1) is 6.92 Å². The van der Waals surface area contributed by atoms with Crippen molar-refractivity contribution in [1.29, 1.82) is 0 Å². The van der Waals surface area contributed by atoms with Gasteiger partial charge in [-0.15, -0.1) is 11.3 Å². The molecule has 0 bridgehead atoms. The second-order valence-electron chi connectivity index (χ2n) is 6.31. The molecule has 2 aliphatic rings. The van der Waals surface area contributed by atoms with Gasteiger partial charge in [-0.1, -0.05) is 17.7 Å². The van der Waals surface area contributed by atoms with Crippen LogP contribution < -0.4 is 0 Å². The van der Waals surface area contributed by atoms with Crippen LogP contribution in [0.5, 0.6) is 0 Å². The van der Waals surface area contributed by atoms with Gasteiger partial charge in [-0.05, 0) is 53.6 Å². The summed E-state index contributed by atoms with van der Waals surface area (Å²) in [6, 6.07) is 7.69. The van der Waals surface area contributed by atoms with E-state index in [4.69, 9.17) is 11.6 Å². The third kappa shape index (κ3) is 2.52. The third-order valence-electron chi connectivity index (χ3n) is 4.85. The first-order valence-corrected chi connectivity index (χ1v) is 9.21. The Morgan fingerprint density at radius 3 is 2.92 bits per heavy atom. The number of fused-ring (bicyclic) bond motifs is 3. The number of carbonyl (C=O) groups is 2. The van der Waals surface area contributed by atoms with Crippen LogP contribution in [0.25, 0.3) is 0 Å². The number of halogens is 1. The summed E-state index contributed by atoms with van der Waals surface area (Å²) in [6.45, 7) is 3.31. The van der Waals surface area contributed by atoms with Crippen molar-refractivity contribution in [3.05, 3.63) is 56.2 Å². The first-order valence-electron chi connectivity index (χ1n) is 7.96. The number of carbonyl (C=O) groups excluding carboxylic acids is 2. The van der Waals surface area contributed by atoms with Gasteiger partial charge in [-0.2, -0.15) is 0 Å². The Bertz CT molecular complexity index is 832. The van der Waals surface area contributed by atoms with Crippen LogP contribution in [-0.4, -0.2) is 41.2 Å². The maximum Gasteiger partial charge on any atom is 0.264 e. The van der Waals surface area contributed by atoms with Crippen LogP contribution in [0.15, 0.2) is 29.6 Å². The van der Waals surface area contributed by atoms with Gasteiger partial charge in [-0.25, -0.2) is 0 Å². The number of hydrogen-bond donors (Lipinski definition) is 0. The fraction of sp³-hybridized carbons (Fsp3) is 0.333. The highest BCUT2D eigenvalue weighted by molar-refractivity contribution is 7.12. The second-order valence-corrected chi connectivity index (χ2v) is 7.67. The van der Waals surface area contributed by atoms with Gasteiger partial charge in [0.15, 0.2) is 0 Å². The lowest BCUT2D eigenvalue weighted by molar-refractivity contribution is -0.139. The summed E-state index contributed by atoms with van der Waals surface area (Å²) in [5, 5.41) is 2.58. The van der Waals surface area contributed by atoms with Gasteiger partial charge in [0, 0.05) is 18.1 Å². The number of hydrogen-bond acceptors (Lipinski definition) is 3. The van der Waals surface area contributed by atoms with Crippen molar-refractivity contribution in [3.8, 4) is 0 Å². The van der Waals surface area contributed by atoms with Gasteiger partial charge in [0.1, 0.15) is 6.54 Å². The molecule has 1 unspecified atom stereocenters. The first kappa shape index (κ1) is 15.7. The van der Waals surface area contributed by atoms with E-state index < -0.39 is 0 Å². The molecule has 24 heavy (non-hydrogen) atoms. The Morgan fingerprint density at radius 1 is 1.33 bits per heavy atom. The molecule has 2 aliphatic heterocycles. The molecule has 1 aromatic heterocycles. The number of aryl methyl sites for hydroxylation is 1. The molecule has 0 saturated carbocycles. The van der Waals surface area contributed by atoms with Gasteiger partial charge < -0.3 is 9.80 Å². The number of amides is 2. The Labute approximate surface area is 149 Å². The third-order valence-corrected chi connectivity index (χ3v) is 6.09. The lowest BCUT2D eigenvalue weighted by Gasteiger charge is -2.44. The lowest BCUT2D eigenvalue weighted by atomic mass is 9.90. The maximum absolute atomic E-state index is 12.8. The van der Waals surface area contributed by atoms with E-state index in [1.54, 1.807) is 4.90 Å². The average molecular weight is 361 g/mol. The summed E-state index contributed by atoms with van der Waals surface area (Å²) in [6.07, 6.45) is 0.840. The number of thiophene rings is 1. The molecule has 0 aliphatic carbocycles. The Hall–Kier alpha value is -1.85. The van der Waals surface area contributed by atoms with E-state index in [2.05, 4.69) is 0 Å². The standard InChI is InChI=1S/C18H17ClN2O2S/c1-11-5-7-24-17(11)18(23)20-9-15-14-8-13(19)3-2-12(14)4-6-21(15)16(22)10-20/h2-3,5,7-8,15H,4,6,9-10H2,1H3. The van der Waals surface area contributed by atoms with Crippen molar-refractivity contribution in [2.24, 2.45) is 0 Å². The molecule has 4 nitrogen and oxygen atoms in total. The molecule has 1 saturated heterocycles. The van der Waals surface area contributed by atoms with Crippen LogP contribution in [-0.2, 0) is 11.2 Å². The number of piperazine rings is 1. The monoisotopic (exact) mass is 360 g/mol. The minimum absolute atomic E-state index is 0.0134. The van der Waals surface area contributed by atoms with Gasteiger partial charge >= 0.3 is 0 Å². The van der Waals surface area contributed by atoms with Crippen LogP contribution in [0.4, 0.5) is 0 Å². The van der Waals surface area contributed by atoms with Crippen LogP contribution in [0.2, 0.25) is 5.02 Å². The molecular weight excluding hydrogens is 344 g/mol. The Morgan fingerprint density at radius 2 is 2.17 bits per heavy atom. The fourth-order valence-electron chi connectivity index (χ4n) is 3.58. The van der Waals surface area contributed by atoms with E-state index >= 15 is 0 Å². The highest BCUT2D eigenvalue weighted by Crippen LogP contribution is 2.35. The van der Waals surface area contributed by atoms with Gasteiger partial charge in [-0.3, -0.25) is 9.59 Å². The van der Waals surface area contributed by atoms with Crippen molar-refractivity contribution >= 4 is 34.8 Å². The topological polar surface area (TPSA) is 40.6 Å². The zero-order valence-corrected chi connectivity index (χ0v) is 14.9. The quantitative estimate of drug-likeness (QED) is 0.783. The zero-order chi connectivity index (χ0) is 16.8. The minimum Gasteiger partial charge on any atom is -0.332 e. The number of benzene rings is 1. The Kier molecular flexibility index (Phi) is 3.85. The smallest absolute Gasteiger partial charge is 0.264 e. The molecule has 1 atom stereocenters. The summed E-state index contributed by atoms with van der Waals surface area (Å²) < 4.78 is 0. The number of rotatable bonds is 1. The molecule has 6 heteroatoms. The Balaban J connectivity index is 1.68. The van der Waals surface area contributed by atoms with Crippen molar-refractivity contribution in [1.82, 2.24) is 9.80 Å². The average Bonchev–Trinajstić information content (AvgIpc) is 3.00. The molecular formula is C18H17ClN2O2S. The van der Waals surface area contributed by atoms with Crippen LogP contribution >= 0.6 is 22.9 Å². The van der Waals surface area contributed by atoms with E-state index in [1.165, 1.54) is 16.9 Å². The normalized spacial score (nSPS) is 19.9. The summed E-state index contributed by atoms with van der Waals surface area (Å²) >= 11 is 7.60. The van der Waals surface area contributed by atoms with E-state index in [0.29, 0.717) is 18.1 Å². The van der Waals surface area contributed by atoms with Crippen molar-refractivity contribution in [2.75, 3.05) is 19.6 Å². The predicted molar refractivity (Wildman–Crippen MR) is 94.6 cm³/mol. The van der Waals surface area contributed by atoms with Gasteiger partial charge in [0.25, 0.3) is 5.91 Å². The van der Waals surface area contributed by atoms with Crippen molar-refractivity contribution in [2.45, 2.75) is 19.4 Å². The first-order chi connectivity index (χ1) is 11.5. The molecule has 2 amide bonds. The maximum atomic E-state index is 12.8. The molecule has 0 spiro atoms. The molecule has 124 valence electrons. The number of nitrogens with zero attached hydrogens (tertiary/aromatic N) is 2. The SMILES string of the molecule is Cc1ccsc1C(=O)N1CC(=O)N2CCc3ccc(Cl)cc3C2C1. The van der Waals surface area contributed by atoms with Crippen LogP contribution in [0.1, 0.15) is 32.4 Å². The highest BCUT2D eigenvalue weighted by Gasteiger charge is 2.39. The van der Waals surface area contributed by atoms with Gasteiger partial charge in [0.2, 0.25) is 5.91 Å².